The van der Waals surface area contributed by atoms with Crippen molar-refractivity contribution in [2.24, 2.45) is 0 Å². The summed E-state index contributed by atoms with van der Waals surface area (Å²) in [5.41, 5.74) is 2.30. The predicted molar refractivity (Wildman–Crippen MR) is 107 cm³/mol. The lowest BCUT2D eigenvalue weighted by atomic mass is 10.2. The van der Waals surface area contributed by atoms with Crippen LogP contribution in [0, 0.1) is 0 Å². The zero-order chi connectivity index (χ0) is 19.3. The lowest BCUT2D eigenvalue weighted by molar-refractivity contribution is -0.116. The van der Waals surface area contributed by atoms with E-state index in [9.17, 15) is 9.59 Å². The molecule has 3 aromatic rings. The molecular formula is C21H22N4O3. The van der Waals surface area contributed by atoms with Crippen LogP contribution in [0.4, 0.5) is 5.69 Å². The molecule has 2 aromatic carbocycles. The smallest absolute Gasteiger partial charge is 0.261 e. The Bertz CT molecular complexity index is 1020. The Balaban J connectivity index is 1.38. The molecule has 1 amide bonds. The maximum atomic E-state index is 12.5. The molecule has 1 N–H and O–H groups in total. The summed E-state index contributed by atoms with van der Waals surface area (Å²) in [6.45, 7) is 4.22. The second-order valence-corrected chi connectivity index (χ2v) is 6.83. The van der Waals surface area contributed by atoms with Gasteiger partial charge in [0, 0.05) is 25.3 Å². The SMILES string of the molecule is O=C(Cn1cnc2ccccc2c1=O)Nc1ccc(CN2CCOCC2)cc1. The lowest BCUT2D eigenvalue weighted by Gasteiger charge is -2.26. The number of carbonyl (C=O) groups is 1. The maximum absolute atomic E-state index is 12.5. The van der Waals surface area contributed by atoms with Gasteiger partial charge in [-0.15, -0.1) is 0 Å². The van der Waals surface area contributed by atoms with E-state index in [1.165, 1.54) is 16.5 Å². The van der Waals surface area contributed by atoms with Gasteiger partial charge >= 0.3 is 0 Å². The van der Waals surface area contributed by atoms with Crippen molar-refractivity contribution in [3.63, 3.8) is 0 Å². The van der Waals surface area contributed by atoms with Gasteiger partial charge in [-0.1, -0.05) is 24.3 Å². The monoisotopic (exact) mass is 378 g/mol. The largest absolute Gasteiger partial charge is 0.379 e. The van der Waals surface area contributed by atoms with Gasteiger partial charge in [-0.3, -0.25) is 19.1 Å². The van der Waals surface area contributed by atoms with E-state index in [4.69, 9.17) is 4.74 Å². The molecule has 7 nitrogen and oxygen atoms in total. The van der Waals surface area contributed by atoms with Crippen LogP contribution in [0.3, 0.4) is 0 Å². The van der Waals surface area contributed by atoms with Crippen LogP contribution in [0.15, 0.2) is 59.7 Å². The zero-order valence-electron chi connectivity index (χ0n) is 15.5. The maximum Gasteiger partial charge on any atom is 0.261 e. The van der Waals surface area contributed by atoms with Gasteiger partial charge in [0.2, 0.25) is 5.91 Å². The van der Waals surface area contributed by atoms with Gasteiger partial charge in [-0.05, 0) is 29.8 Å². The number of nitrogens with one attached hydrogen (secondary N) is 1. The molecule has 0 radical (unpaired) electrons. The van der Waals surface area contributed by atoms with Crippen molar-refractivity contribution in [2.45, 2.75) is 13.1 Å². The molecule has 7 heteroatoms. The zero-order valence-corrected chi connectivity index (χ0v) is 15.5. The summed E-state index contributed by atoms with van der Waals surface area (Å²) in [4.78, 5) is 31.4. The van der Waals surface area contributed by atoms with E-state index in [0.717, 1.165) is 32.8 Å². The molecule has 0 aliphatic carbocycles. The van der Waals surface area contributed by atoms with E-state index in [1.807, 2.05) is 30.3 Å². The number of benzene rings is 2. The Kier molecular flexibility index (Phi) is 5.45. The van der Waals surface area contributed by atoms with E-state index < -0.39 is 0 Å². The van der Waals surface area contributed by atoms with E-state index in [-0.39, 0.29) is 18.0 Å². The minimum Gasteiger partial charge on any atom is -0.379 e. The third-order valence-electron chi connectivity index (χ3n) is 4.79. The molecule has 1 aliphatic heterocycles. The first kappa shape index (κ1) is 18.3. The molecule has 0 atom stereocenters. The highest BCUT2D eigenvalue weighted by atomic mass is 16.5. The number of para-hydroxylation sites is 1. The standard InChI is InChI=1S/C21H22N4O3/c26-20(14-25-15-22-19-4-2-1-3-18(19)21(25)27)23-17-7-5-16(6-8-17)13-24-9-11-28-12-10-24/h1-8,15H,9-14H2,(H,23,26). The fraction of sp³-hybridized carbons (Fsp3) is 0.286. The van der Waals surface area contributed by atoms with Crippen molar-refractivity contribution >= 4 is 22.5 Å². The summed E-state index contributed by atoms with van der Waals surface area (Å²) in [5.74, 6) is -0.264. The van der Waals surface area contributed by atoms with Gasteiger partial charge in [0.1, 0.15) is 6.54 Å². The summed E-state index contributed by atoms with van der Waals surface area (Å²) in [6, 6.07) is 14.9. The third kappa shape index (κ3) is 4.27. The van der Waals surface area contributed by atoms with Gasteiger partial charge in [-0.25, -0.2) is 4.98 Å². The van der Waals surface area contributed by atoms with E-state index in [1.54, 1.807) is 18.2 Å². The number of hydrogen-bond donors (Lipinski definition) is 1. The van der Waals surface area contributed by atoms with Crippen LogP contribution < -0.4 is 10.9 Å². The van der Waals surface area contributed by atoms with Crippen LogP contribution in [0.5, 0.6) is 0 Å². The first-order valence-corrected chi connectivity index (χ1v) is 9.32. The summed E-state index contributed by atoms with van der Waals surface area (Å²) < 4.78 is 6.69. The molecule has 4 rings (SSSR count). The average molecular weight is 378 g/mol. The number of aromatic nitrogens is 2. The number of carbonyl (C=O) groups excluding carboxylic acids is 1. The molecule has 1 aliphatic rings. The van der Waals surface area contributed by atoms with Crippen LogP contribution in [-0.2, 0) is 22.6 Å². The Morgan fingerprint density at radius 3 is 2.61 bits per heavy atom. The summed E-state index contributed by atoms with van der Waals surface area (Å²) in [6.07, 6.45) is 1.41. The number of rotatable bonds is 5. The molecule has 1 fully saturated rings. The predicted octanol–water partition coefficient (Wildman–Crippen LogP) is 1.87. The van der Waals surface area contributed by atoms with Gasteiger partial charge < -0.3 is 10.1 Å². The van der Waals surface area contributed by atoms with Gasteiger partial charge in [-0.2, -0.15) is 0 Å². The average Bonchev–Trinajstić information content (AvgIpc) is 2.72. The number of morpholine rings is 1. The number of fused-ring (bicyclic) bond motifs is 1. The van der Waals surface area contributed by atoms with Crippen LogP contribution in [-0.4, -0.2) is 46.7 Å². The Morgan fingerprint density at radius 2 is 1.82 bits per heavy atom. The van der Waals surface area contributed by atoms with Crippen LogP contribution >= 0.6 is 0 Å². The summed E-state index contributed by atoms with van der Waals surface area (Å²) in [7, 11) is 0. The third-order valence-corrected chi connectivity index (χ3v) is 4.79. The van der Waals surface area contributed by atoms with Crippen LogP contribution in [0.25, 0.3) is 10.9 Å². The molecule has 0 saturated carbocycles. The van der Waals surface area contributed by atoms with Crippen molar-refractivity contribution in [2.75, 3.05) is 31.6 Å². The first-order valence-electron chi connectivity index (χ1n) is 9.32. The Morgan fingerprint density at radius 1 is 1.07 bits per heavy atom. The highest BCUT2D eigenvalue weighted by Crippen LogP contribution is 2.13. The van der Waals surface area contributed by atoms with Crippen molar-refractivity contribution in [1.29, 1.82) is 0 Å². The number of nitrogens with zero attached hydrogens (tertiary/aromatic N) is 3. The van der Waals surface area contributed by atoms with Crippen molar-refractivity contribution in [3.8, 4) is 0 Å². The van der Waals surface area contributed by atoms with Crippen molar-refractivity contribution in [3.05, 3.63) is 70.8 Å². The van der Waals surface area contributed by atoms with E-state index in [0.29, 0.717) is 16.6 Å². The van der Waals surface area contributed by atoms with Gasteiger partial charge in [0.15, 0.2) is 0 Å². The number of hydrogen-bond acceptors (Lipinski definition) is 5. The molecule has 28 heavy (non-hydrogen) atoms. The van der Waals surface area contributed by atoms with Crippen molar-refractivity contribution in [1.82, 2.24) is 14.5 Å². The highest BCUT2D eigenvalue weighted by Gasteiger charge is 2.11. The minimum atomic E-state index is -0.264. The fourth-order valence-electron chi connectivity index (χ4n) is 3.28. The van der Waals surface area contributed by atoms with E-state index >= 15 is 0 Å². The molecule has 0 spiro atoms. The second kappa shape index (κ2) is 8.33. The highest BCUT2D eigenvalue weighted by molar-refractivity contribution is 5.90. The number of anilines is 1. The van der Waals surface area contributed by atoms with Crippen LogP contribution in [0.1, 0.15) is 5.56 Å². The fourth-order valence-corrected chi connectivity index (χ4v) is 3.28. The molecule has 1 saturated heterocycles. The van der Waals surface area contributed by atoms with Gasteiger partial charge in [0.25, 0.3) is 5.56 Å². The molecule has 1 aromatic heterocycles. The number of amides is 1. The van der Waals surface area contributed by atoms with E-state index in [2.05, 4.69) is 15.2 Å². The van der Waals surface area contributed by atoms with Crippen molar-refractivity contribution < 1.29 is 9.53 Å². The molecular weight excluding hydrogens is 356 g/mol. The molecule has 144 valence electrons. The molecule has 2 heterocycles. The van der Waals surface area contributed by atoms with Gasteiger partial charge in [0.05, 0.1) is 30.4 Å². The topological polar surface area (TPSA) is 76.5 Å². The molecule has 0 bridgehead atoms. The molecule has 0 unspecified atom stereocenters. The lowest BCUT2D eigenvalue weighted by Crippen LogP contribution is -2.35. The van der Waals surface area contributed by atoms with Crippen LogP contribution in [0.2, 0.25) is 0 Å². The summed E-state index contributed by atoms with van der Waals surface area (Å²) >= 11 is 0. The second-order valence-electron chi connectivity index (χ2n) is 6.83. The normalized spacial score (nSPS) is 14.9. The Hall–Kier alpha value is -3.03. The number of ether oxygens (including phenoxy) is 1. The summed E-state index contributed by atoms with van der Waals surface area (Å²) in [5, 5.41) is 3.34. The Labute approximate surface area is 162 Å². The minimum absolute atomic E-state index is 0.0772. The first-order chi connectivity index (χ1) is 13.7. The quantitative estimate of drug-likeness (QED) is 0.734.